The first kappa shape index (κ1) is 35.5. The Hall–Kier alpha value is -3.65. The fourth-order valence-corrected chi connectivity index (χ4v) is 4.67. The summed E-state index contributed by atoms with van der Waals surface area (Å²) in [5.41, 5.74) is 1.27. The van der Waals surface area contributed by atoms with Crippen molar-refractivity contribution in [3.05, 3.63) is 83.9 Å². The number of ether oxygens (including phenoxy) is 3. The van der Waals surface area contributed by atoms with Gasteiger partial charge in [0.1, 0.15) is 12.0 Å². The maximum atomic E-state index is 11.7. The summed E-state index contributed by atoms with van der Waals surface area (Å²) in [5.74, 6) is -0.248. The fourth-order valence-electron chi connectivity index (χ4n) is 3.77. The van der Waals surface area contributed by atoms with Crippen molar-refractivity contribution in [1.82, 2.24) is 4.72 Å². The number of methoxy groups -OCH3 is 1. The van der Waals surface area contributed by atoms with Gasteiger partial charge in [-0.05, 0) is 54.8 Å². The molecule has 0 spiro atoms. The number of carbonyl (C=O) groups excluding carboxylic acids is 1. The Balaban J connectivity index is 0.000000451. The van der Waals surface area contributed by atoms with E-state index in [2.05, 4.69) is 21.7 Å². The number of aliphatic hydroxyl groups excluding tert-OH is 3. The van der Waals surface area contributed by atoms with Gasteiger partial charge in [0.15, 0.2) is 5.75 Å². The highest BCUT2D eigenvalue weighted by atomic mass is 32.2. The summed E-state index contributed by atoms with van der Waals surface area (Å²) >= 11 is 1.12. The molecule has 3 atom stereocenters. The smallest absolute Gasteiger partial charge is 0.337 e. The molecular formula is C31H40N2O9S. The van der Waals surface area contributed by atoms with Crippen LogP contribution in [0.25, 0.3) is 0 Å². The van der Waals surface area contributed by atoms with Crippen LogP contribution in [0.4, 0.5) is 5.69 Å². The third-order valence-electron chi connectivity index (χ3n) is 5.92. The highest BCUT2D eigenvalue weighted by molar-refractivity contribution is 7.97. The minimum atomic E-state index is -1.05. The zero-order chi connectivity index (χ0) is 31.6. The summed E-state index contributed by atoms with van der Waals surface area (Å²) in [4.78, 5) is 23.0. The van der Waals surface area contributed by atoms with Gasteiger partial charge in [-0.15, -0.1) is 0 Å². The molecule has 234 valence electrons. The van der Waals surface area contributed by atoms with Crippen molar-refractivity contribution in [3.63, 3.8) is 0 Å². The van der Waals surface area contributed by atoms with Gasteiger partial charge >= 0.3 is 11.9 Å². The number of aliphatic hydroxyl groups is 3. The fraction of sp³-hybridized carbons (Fsp3) is 0.355. The van der Waals surface area contributed by atoms with E-state index < -0.39 is 24.4 Å². The number of para-hydroxylation sites is 1. The Bertz CT molecular complexity index is 1250. The Morgan fingerprint density at radius 2 is 1.65 bits per heavy atom. The SMILES string of the molecule is CCCCNc1cc(C(=O)O)cc(SNC2OCC(O)CC2O)c1Oc1ccccc1.CO.COC(=O)c1ccccc1. The van der Waals surface area contributed by atoms with Crippen molar-refractivity contribution in [2.24, 2.45) is 0 Å². The van der Waals surface area contributed by atoms with Crippen LogP contribution in [0, 0.1) is 0 Å². The van der Waals surface area contributed by atoms with Crippen molar-refractivity contribution in [1.29, 1.82) is 0 Å². The summed E-state index contributed by atoms with van der Waals surface area (Å²) in [6, 6.07) is 21.2. The van der Waals surface area contributed by atoms with E-state index in [9.17, 15) is 24.9 Å². The molecule has 0 radical (unpaired) electrons. The first-order chi connectivity index (χ1) is 20.8. The first-order valence-electron chi connectivity index (χ1n) is 13.7. The standard InChI is InChI=1S/C22H28N2O6S.C8H8O2.CH4O/c1-2-3-9-23-17-10-14(22(27)28)11-19(20(17)30-16-7-5-4-6-8-16)31-24-21-18(26)12-15(25)13-29-21;1-10-8(9)7-5-3-2-4-6-7;1-2/h4-8,10-11,15,18,21,23-26H,2-3,9,12-13H2,1H3,(H,27,28);2-6H,1H3;2H,1H3. The van der Waals surface area contributed by atoms with E-state index in [1.807, 2.05) is 36.4 Å². The second-order valence-corrected chi connectivity index (χ2v) is 10.0. The molecule has 12 heteroatoms. The lowest BCUT2D eigenvalue weighted by Crippen LogP contribution is -2.47. The molecule has 0 bridgehead atoms. The topological polar surface area (TPSA) is 167 Å². The molecule has 3 unspecified atom stereocenters. The summed E-state index contributed by atoms with van der Waals surface area (Å²) < 4.78 is 19.1. The molecule has 0 aromatic heterocycles. The average Bonchev–Trinajstić information content (AvgIpc) is 3.03. The van der Waals surface area contributed by atoms with Crippen molar-refractivity contribution < 1.29 is 44.2 Å². The molecular weight excluding hydrogens is 576 g/mol. The van der Waals surface area contributed by atoms with Crippen LogP contribution >= 0.6 is 11.9 Å². The number of esters is 1. The minimum Gasteiger partial charge on any atom is -0.478 e. The number of rotatable bonds is 11. The molecule has 1 saturated heterocycles. The lowest BCUT2D eigenvalue weighted by Gasteiger charge is -2.31. The normalized spacial score (nSPS) is 17.3. The Morgan fingerprint density at radius 3 is 2.23 bits per heavy atom. The van der Waals surface area contributed by atoms with E-state index in [0.717, 1.165) is 31.9 Å². The van der Waals surface area contributed by atoms with Crippen LogP contribution in [-0.4, -0.2) is 78.2 Å². The molecule has 0 amide bonds. The number of hydrogen-bond acceptors (Lipinski definition) is 11. The molecule has 0 aliphatic carbocycles. The Labute approximate surface area is 255 Å². The van der Waals surface area contributed by atoms with E-state index in [1.165, 1.54) is 13.2 Å². The molecule has 1 fully saturated rings. The van der Waals surface area contributed by atoms with Crippen molar-refractivity contribution >= 4 is 29.6 Å². The van der Waals surface area contributed by atoms with Crippen LogP contribution in [0.5, 0.6) is 11.5 Å². The van der Waals surface area contributed by atoms with E-state index in [-0.39, 0.29) is 24.6 Å². The van der Waals surface area contributed by atoms with Gasteiger partial charge < -0.3 is 40.0 Å². The number of carboxylic acid groups (broad SMARTS) is 1. The zero-order valence-corrected chi connectivity index (χ0v) is 25.3. The van der Waals surface area contributed by atoms with Crippen LogP contribution in [0.1, 0.15) is 46.9 Å². The predicted octanol–water partition coefficient (Wildman–Crippen LogP) is 4.54. The Morgan fingerprint density at radius 1 is 1.00 bits per heavy atom. The number of carbonyl (C=O) groups is 2. The van der Waals surface area contributed by atoms with E-state index in [0.29, 0.717) is 34.2 Å². The largest absolute Gasteiger partial charge is 0.478 e. The maximum absolute atomic E-state index is 11.7. The molecule has 4 rings (SSSR count). The minimum absolute atomic E-state index is 0.113. The number of anilines is 1. The molecule has 1 aliphatic heterocycles. The molecule has 1 heterocycles. The van der Waals surface area contributed by atoms with Gasteiger partial charge in [-0.1, -0.05) is 49.7 Å². The number of hydrogen-bond donors (Lipinski definition) is 6. The van der Waals surface area contributed by atoms with Gasteiger partial charge in [0.25, 0.3) is 0 Å². The highest BCUT2D eigenvalue weighted by Crippen LogP contribution is 2.40. The van der Waals surface area contributed by atoms with Gasteiger partial charge in [0, 0.05) is 20.1 Å². The summed E-state index contributed by atoms with van der Waals surface area (Å²) in [6.45, 7) is 2.86. The van der Waals surface area contributed by atoms with Gasteiger partial charge in [0.05, 0.1) is 47.6 Å². The number of nitrogens with one attached hydrogen (secondary N) is 2. The third kappa shape index (κ3) is 11.9. The molecule has 11 nitrogen and oxygen atoms in total. The number of aromatic carboxylic acids is 1. The van der Waals surface area contributed by atoms with Crippen molar-refractivity contribution in [2.45, 2.75) is 49.5 Å². The van der Waals surface area contributed by atoms with Crippen LogP contribution in [0.3, 0.4) is 0 Å². The van der Waals surface area contributed by atoms with Gasteiger partial charge in [-0.25, -0.2) is 14.3 Å². The predicted molar refractivity (Wildman–Crippen MR) is 165 cm³/mol. The second-order valence-electron chi connectivity index (χ2n) is 9.14. The highest BCUT2D eigenvalue weighted by Gasteiger charge is 2.29. The summed E-state index contributed by atoms with van der Waals surface area (Å²) in [6.07, 6.45) is -0.188. The number of unbranched alkanes of at least 4 members (excludes halogenated alkanes) is 1. The molecule has 6 N–H and O–H groups in total. The van der Waals surface area contributed by atoms with Crippen LogP contribution in [0.15, 0.2) is 77.7 Å². The average molecular weight is 617 g/mol. The lowest BCUT2D eigenvalue weighted by molar-refractivity contribution is -0.125. The van der Waals surface area contributed by atoms with Crippen LogP contribution < -0.4 is 14.8 Å². The van der Waals surface area contributed by atoms with Gasteiger partial charge in [-0.2, -0.15) is 0 Å². The van der Waals surface area contributed by atoms with E-state index >= 15 is 0 Å². The molecule has 0 saturated carbocycles. The first-order valence-corrected chi connectivity index (χ1v) is 14.5. The maximum Gasteiger partial charge on any atom is 0.337 e. The molecule has 43 heavy (non-hydrogen) atoms. The quantitative estimate of drug-likeness (QED) is 0.101. The summed E-state index contributed by atoms with van der Waals surface area (Å²) in [7, 11) is 2.37. The molecule has 3 aromatic rings. The van der Waals surface area contributed by atoms with Crippen LogP contribution in [0.2, 0.25) is 0 Å². The van der Waals surface area contributed by atoms with E-state index in [1.54, 1.807) is 30.3 Å². The third-order valence-corrected chi connectivity index (χ3v) is 6.80. The molecule has 3 aromatic carbocycles. The second kappa shape index (κ2) is 19.5. The summed E-state index contributed by atoms with van der Waals surface area (Å²) in [5, 5.41) is 39.6. The molecule has 1 aliphatic rings. The monoisotopic (exact) mass is 616 g/mol. The number of carboxylic acids is 1. The van der Waals surface area contributed by atoms with Crippen molar-refractivity contribution in [2.75, 3.05) is 32.7 Å². The van der Waals surface area contributed by atoms with Gasteiger partial charge in [-0.3, -0.25) is 0 Å². The van der Waals surface area contributed by atoms with E-state index in [4.69, 9.17) is 14.6 Å². The Kier molecular flexibility index (Phi) is 16.1. The zero-order valence-electron chi connectivity index (χ0n) is 24.4. The van der Waals surface area contributed by atoms with Crippen molar-refractivity contribution in [3.8, 4) is 11.5 Å². The van der Waals surface area contributed by atoms with Crippen LogP contribution in [-0.2, 0) is 9.47 Å². The van der Waals surface area contributed by atoms with Gasteiger partial charge in [0.2, 0.25) is 0 Å². The number of benzene rings is 3. The lowest BCUT2D eigenvalue weighted by atomic mass is 10.1.